The first-order valence-corrected chi connectivity index (χ1v) is 7.04. The Morgan fingerprint density at radius 3 is 2.61 bits per heavy atom. The van der Waals surface area contributed by atoms with Crippen LogP contribution in [0.25, 0.3) is 0 Å². The molecule has 0 aliphatic heterocycles. The van der Waals surface area contributed by atoms with E-state index in [0.29, 0.717) is 5.02 Å². The van der Waals surface area contributed by atoms with Crippen LogP contribution < -0.4 is 5.32 Å². The van der Waals surface area contributed by atoms with Crippen molar-refractivity contribution in [3.05, 3.63) is 51.2 Å². The van der Waals surface area contributed by atoms with Gasteiger partial charge in [0, 0.05) is 15.6 Å². The number of rotatable bonds is 4. The van der Waals surface area contributed by atoms with Crippen molar-refractivity contribution in [2.45, 2.75) is 19.8 Å². The number of benzene rings is 1. The zero-order valence-corrected chi connectivity index (χ0v) is 11.6. The Bertz CT molecular complexity index is 533. The second-order valence-electron chi connectivity index (χ2n) is 3.98. The van der Waals surface area contributed by atoms with E-state index in [0.717, 1.165) is 23.4 Å². The first kappa shape index (κ1) is 13.1. The number of aryl methyl sites for hydroxylation is 1. The summed E-state index contributed by atoms with van der Waals surface area (Å²) < 4.78 is 0. The van der Waals surface area contributed by atoms with Crippen LogP contribution >= 0.6 is 22.9 Å². The highest BCUT2D eigenvalue weighted by Crippen LogP contribution is 2.20. The summed E-state index contributed by atoms with van der Waals surface area (Å²) in [6, 6.07) is 11.0. The second-order valence-corrected chi connectivity index (χ2v) is 5.58. The van der Waals surface area contributed by atoms with Gasteiger partial charge in [-0.15, -0.1) is 11.3 Å². The lowest BCUT2D eigenvalue weighted by molar-refractivity contribution is 0.103. The molecule has 2 rings (SSSR count). The van der Waals surface area contributed by atoms with Crippen LogP contribution in [0, 0.1) is 0 Å². The Balaban J connectivity index is 2.04. The molecule has 0 bridgehead atoms. The first-order valence-electron chi connectivity index (χ1n) is 5.84. The number of amides is 1. The van der Waals surface area contributed by atoms with Crippen molar-refractivity contribution in [3.8, 4) is 0 Å². The molecule has 0 atom stereocenters. The third kappa shape index (κ3) is 3.34. The topological polar surface area (TPSA) is 29.1 Å². The van der Waals surface area contributed by atoms with Gasteiger partial charge in [-0.3, -0.25) is 4.79 Å². The summed E-state index contributed by atoms with van der Waals surface area (Å²) >= 11 is 7.34. The summed E-state index contributed by atoms with van der Waals surface area (Å²) in [6.07, 6.45) is 2.12. The number of hydrogen-bond donors (Lipinski definition) is 1. The van der Waals surface area contributed by atoms with E-state index in [9.17, 15) is 4.79 Å². The lowest BCUT2D eigenvalue weighted by Crippen LogP contribution is -2.09. The molecule has 1 heterocycles. The van der Waals surface area contributed by atoms with Gasteiger partial charge in [0.2, 0.25) is 0 Å². The SMILES string of the molecule is CCCc1ccc(C(=O)Nc2ccc(Cl)cc2)s1. The Hall–Kier alpha value is -1.32. The highest BCUT2D eigenvalue weighted by atomic mass is 35.5. The number of carbonyl (C=O) groups excluding carboxylic acids is 1. The molecular formula is C14H14ClNOS. The molecule has 1 N–H and O–H groups in total. The van der Waals surface area contributed by atoms with Crippen LogP contribution in [0.4, 0.5) is 5.69 Å². The highest BCUT2D eigenvalue weighted by Gasteiger charge is 2.09. The standard InChI is InChI=1S/C14H14ClNOS/c1-2-3-12-8-9-13(18-12)14(17)16-11-6-4-10(15)5-7-11/h4-9H,2-3H2,1H3,(H,16,17). The number of thiophene rings is 1. The van der Waals surface area contributed by atoms with Gasteiger partial charge in [-0.25, -0.2) is 0 Å². The molecule has 0 spiro atoms. The molecule has 0 radical (unpaired) electrons. The predicted octanol–water partition coefficient (Wildman–Crippen LogP) is 4.61. The number of carbonyl (C=O) groups is 1. The molecule has 94 valence electrons. The largest absolute Gasteiger partial charge is 0.321 e. The summed E-state index contributed by atoms with van der Waals surface area (Å²) in [5, 5.41) is 3.52. The minimum Gasteiger partial charge on any atom is -0.321 e. The lowest BCUT2D eigenvalue weighted by Gasteiger charge is -2.03. The Kier molecular flexibility index (Phi) is 4.39. The molecule has 0 aliphatic carbocycles. The average molecular weight is 280 g/mol. The van der Waals surface area contributed by atoms with Gasteiger partial charge in [0.15, 0.2) is 0 Å². The van der Waals surface area contributed by atoms with Crippen molar-refractivity contribution >= 4 is 34.5 Å². The maximum absolute atomic E-state index is 12.0. The van der Waals surface area contributed by atoms with Crippen LogP contribution in [0.15, 0.2) is 36.4 Å². The van der Waals surface area contributed by atoms with Crippen LogP contribution in [0.1, 0.15) is 27.9 Å². The molecule has 0 saturated carbocycles. The van der Waals surface area contributed by atoms with E-state index in [1.165, 1.54) is 4.88 Å². The van der Waals surface area contributed by atoms with Gasteiger partial charge in [0.05, 0.1) is 4.88 Å². The molecule has 0 unspecified atom stereocenters. The van der Waals surface area contributed by atoms with Gasteiger partial charge in [0.1, 0.15) is 0 Å². The van der Waals surface area contributed by atoms with Gasteiger partial charge in [-0.1, -0.05) is 24.9 Å². The van der Waals surface area contributed by atoms with E-state index in [4.69, 9.17) is 11.6 Å². The number of nitrogens with one attached hydrogen (secondary N) is 1. The van der Waals surface area contributed by atoms with E-state index >= 15 is 0 Å². The van der Waals surface area contributed by atoms with Crippen LogP contribution in [-0.2, 0) is 6.42 Å². The van der Waals surface area contributed by atoms with Gasteiger partial charge in [-0.05, 0) is 42.8 Å². The second kappa shape index (κ2) is 6.03. The van der Waals surface area contributed by atoms with Crippen LogP contribution in [-0.4, -0.2) is 5.91 Å². The van der Waals surface area contributed by atoms with Crippen molar-refractivity contribution in [1.82, 2.24) is 0 Å². The van der Waals surface area contributed by atoms with Crippen LogP contribution in [0.3, 0.4) is 0 Å². The molecule has 0 saturated heterocycles. The van der Waals surface area contributed by atoms with Gasteiger partial charge >= 0.3 is 0 Å². The average Bonchev–Trinajstić information content (AvgIpc) is 2.81. The van der Waals surface area contributed by atoms with E-state index in [1.807, 2.05) is 12.1 Å². The lowest BCUT2D eigenvalue weighted by atomic mass is 10.3. The normalized spacial score (nSPS) is 10.3. The van der Waals surface area contributed by atoms with Crippen LogP contribution in [0.5, 0.6) is 0 Å². The zero-order chi connectivity index (χ0) is 13.0. The summed E-state index contributed by atoms with van der Waals surface area (Å²) in [5.41, 5.74) is 0.759. The third-order valence-corrected chi connectivity index (χ3v) is 3.88. The Labute approximate surface area is 116 Å². The zero-order valence-electron chi connectivity index (χ0n) is 10.1. The van der Waals surface area contributed by atoms with Gasteiger partial charge in [0.25, 0.3) is 5.91 Å². The number of hydrogen-bond acceptors (Lipinski definition) is 2. The van der Waals surface area contributed by atoms with E-state index in [2.05, 4.69) is 12.2 Å². The predicted molar refractivity (Wildman–Crippen MR) is 77.7 cm³/mol. The monoisotopic (exact) mass is 279 g/mol. The third-order valence-electron chi connectivity index (χ3n) is 2.48. The maximum Gasteiger partial charge on any atom is 0.265 e. The maximum atomic E-state index is 12.0. The smallest absolute Gasteiger partial charge is 0.265 e. The summed E-state index contributed by atoms with van der Waals surface area (Å²) in [4.78, 5) is 14.0. The summed E-state index contributed by atoms with van der Waals surface area (Å²) in [5.74, 6) is -0.0651. The highest BCUT2D eigenvalue weighted by molar-refractivity contribution is 7.14. The van der Waals surface area contributed by atoms with E-state index < -0.39 is 0 Å². The Morgan fingerprint density at radius 2 is 1.94 bits per heavy atom. The minimum absolute atomic E-state index is 0.0651. The first-order chi connectivity index (χ1) is 8.69. The molecule has 0 aliphatic rings. The summed E-state index contributed by atoms with van der Waals surface area (Å²) in [7, 11) is 0. The molecule has 2 nitrogen and oxygen atoms in total. The van der Waals surface area contributed by atoms with Crippen molar-refractivity contribution in [1.29, 1.82) is 0 Å². The van der Waals surface area contributed by atoms with Gasteiger partial charge in [-0.2, -0.15) is 0 Å². The van der Waals surface area contributed by atoms with E-state index in [-0.39, 0.29) is 5.91 Å². The molecule has 0 fully saturated rings. The van der Waals surface area contributed by atoms with Crippen molar-refractivity contribution in [2.75, 3.05) is 5.32 Å². The molecule has 1 aromatic heterocycles. The quantitative estimate of drug-likeness (QED) is 0.870. The van der Waals surface area contributed by atoms with Crippen molar-refractivity contribution in [3.63, 3.8) is 0 Å². The number of halogens is 1. The molecule has 1 aromatic carbocycles. The summed E-state index contributed by atoms with van der Waals surface area (Å²) in [6.45, 7) is 2.13. The molecule has 2 aromatic rings. The van der Waals surface area contributed by atoms with E-state index in [1.54, 1.807) is 35.6 Å². The molecule has 1 amide bonds. The minimum atomic E-state index is -0.0651. The van der Waals surface area contributed by atoms with Crippen LogP contribution in [0.2, 0.25) is 5.02 Å². The fourth-order valence-corrected chi connectivity index (χ4v) is 2.74. The molecular weight excluding hydrogens is 266 g/mol. The van der Waals surface area contributed by atoms with Crippen molar-refractivity contribution < 1.29 is 4.79 Å². The number of anilines is 1. The Morgan fingerprint density at radius 1 is 1.22 bits per heavy atom. The van der Waals surface area contributed by atoms with Gasteiger partial charge < -0.3 is 5.32 Å². The molecule has 18 heavy (non-hydrogen) atoms. The fraction of sp³-hybridized carbons (Fsp3) is 0.214. The van der Waals surface area contributed by atoms with Crippen molar-refractivity contribution in [2.24, 2.45) is 0 Å². The molecule has 4 heteroatoms. The fourth-order valence-electron chi connectivity index (χ4n) is 1.61.